The summed E-state index contributed by atoms with van der Waals surface area (Å²) in [7, 11) is 0. The quantitative estimate of drug-likeness (QED) is 0.802. The molecule has 2 aromatic rings. The smallest absolute Gasteiger partial charge is 0.148 e. The molecule has 0 unspecified atom stereocenters. The van der Waals surface area contributed by atoms with Gasteiger partial charge in [0.05, 0.1) is 23.8 Å². The summed E-state index contributed by atoms with van der Waals surface area (Å²) in [6.45, 7) is 0.447. The Morgan fingerprint density at radius 3 is 2.71 bits per heavy atom. The third-order valence-electron chi connectivity index (χ3n) is 2.98. The Bertz CT molecular complexity index is 538. The number of nitrogens with zero attached hydrogens (tertiary/aromatic N) is 3. The third kappa shape index (κ3) is 1.82. The number of β-amino-alcohol motifs (C(OH)–C–C–N with tert-alkyl or cyclic N) is 1. The van der Waals surface area contributed by atoms with Crippen LogP contribution < -0.4 is 4.90 Å². The Morgan fingerprint density at radius 1 is 1.24 bits per heavy atom. The highest BCUT2D eigenvalue weighted by Crippen LogP contribution is 2.21. The van der Waals surface area contributed by atoms with E-state index in [-0.39, 0.29) is 13.1 Å². The number of benzene rings is 1. The first-order chi connectivity index (χ1) is 8.24. The van der Waals surface area contributed by atoms with Gasteiger partial charge in [-0.3, -0.25) is 4.98 Å². The average Bonchev–Trinajstić information content (AvgIpc) is 2.69. The van der Waals surface area contributed by atoms with E-state index < -0.39 is 12.3 Å². The Balaban J connectivity index is 1.96. The topological polar surface area (TPSA) is 49.2 Å². The number of hydrogen-bond donors (Lipinski definition) is 1. The molecular formula is C12H12FN3O. The maximum atomic E-state index is 13.2. The van der Waals surface area contributed by atoms with Crippen LogP contribution >= 0.6 is 0 Å². The first-order valence-corrected chi connectivity index (χ1v) is 5.53. The fraction of sp³-hybridized carbons (Fsp3) is 0.333. The zero-order valence-corrected chi connectivity index (χ0v) is 9.12. The van der Waals surface area contributed by atoms with E-state index in [1.54, 1.807) is 11.1 Å². The summed E-state index contributed by atoms with van der Waals surface area (Å²) in [6, 6.07) is 7.53. The molecule has 88 valence electrons. The third-order valence-corrected chi connectivity index (χ3v) is 2.98. The highest BCUT2D eigenvalue weighted by Gasteiger charge is 2.32. The Hall–Kier alpha value is -1.75. The fourth-order valence-electron chi connectivity index (χ4n) is 2.03. The molecule has 5 heteroatoms. The van der Waals surface area contributed by atoms with Gasteiger partial charge in [-0.2, -0.15) is 0 Å². The second kappa shape index (κ2) is 3.92. The molecular weight excluding hydrogens is 221 g/mol. The summed E-state index contributed by atoms with van der Waals surface area (Å²) < 4.78 is 13.2. The highest BCUT2D eigenvalue weighted by molar-refractivity contribution is 5.75. The van der Waals surface area contributed by atoms with Crippen molar-refractivity contribution in [3.05, 3.63) is 30.5 Å². The normalized spacial score (nSPS) is 24.5. The van der Waals surface area contributed by atoms with Gasteiger partial charge in [0.25, 0.3) is 0 Å². The van der Waals surface area contributed by atoms with E-state index in [9.17, 15) is 9.50 Å². The van der Waals surface area contributed by atoms with Gasteiger partial charge in [0.1, 0.15) is 18.1 Å². The second-order valence-electron chi connectivity index (χ2n) is 4.21. The van der Waals surface area contributed by atoms with Gasteiger partial charge in [0.15, 0.2) is 0 Å². The molecule has 0 spiro atoms. The maximum Gasteiger partial charge on any atom is 0.148 e. The van der Waals surface area contributed by atoms with Crippen LogP contribution in [0.15, 0.2) is 30.5 Å². The molecule has 1 fully saturated rings. The number of aliphatic hydroxyl groups excluding tert-OH is 1. The van der Waals surface area contributed by atoms with Crippen molar-refractivity contribution in [2.45, 2.75) is 12.3 Å². The lowest BCUT2D eigenvalue weighted by Crippen LogP contribution is -2.22. The lowest BCUT2D eigenvalue weighted by molar-refractivity contribution is 0.118. The van der Waals surface area contributed by atoms with E-state index in [2.05, 4.69) is 9.97 Å². The van der Waals surface area contributed by atoms with Crippen LogP contribution in [-0.2, 0) is 0 Å². The number of aromatic nitrogens is 2. The van der Waals surface area contributed by atoms with E-state index in [1.165, 1.54) is 0 Å². The van der Waals surface area contributed by atoms with Crippen LogP contribution in [0, 0.1) is 0 Å². The molecule has 1 aromatic heterocycles. The summed E-state index contributed by atoms with van der Waals surface area (Å²) in [4.78, 5) is 10.4. The molecule has 0 radical (unpaired) electrons. The molecule has 0 amide bonds. The van der Waals surface area contributed by atoms with Crippen molar-refractivity contribution >= 4 is 16.9 Å². The standard InChI is InChI=1S/C12H12FN3O/c13-8-6-16(7-11(8)17)12-5-14-9-3-1-2-4-10(9)15-12/h1-5,8,11,17H,6-7H2/t8-,11-/m1/s1. The summed E-state index contributed by atoms with van der Waals surface area (Å²) in [5.74, 6) is 0.614. The summed E-state index contributed by atoms with van der Waals surface area (Å²) in [5.41, 5.74) is 1.59. The molecule has 0 aliphatic carbocycles. The molecule has 1 N–H and O–H groups in total. The van der Waals surface area contributed by atoms with E-state index in [1.807, 2.05) is 24.3 Å². The Labute approximate surface area is 97.7 Å². The zero-order chi connectivity index (χ0) is 11.8. The summed E-state index contributed by atoms with van der Waals surface area (Å²) >= 11 is 0. The lowest BCUT2D eigenvalue weighted by atomic mass is 10.3. The summed E-state index contributed by atoms with van der Waals surface area (Å²) in [5, 5.41) is 9.38. The first-order valence-electron chi connectivity index (χ1n) is 5.53. The number of hydrogen-bond acceptors (Lipinski definition) is 4. The van der Waals surface area contributed by atoms with Crippen LogP contribution in [0.1, 0.15) is 0 Å². The zero-order valence-electron chi connectivity index (χ0n) is 9.12. The van der Waals surface area contributed by atoms with Crippen LogP contribution in [0.5, 0.6) is 0 Å². The molecule has 1 aliphatic heterocycles. The van der Waals surface area contributed by atoms with Crippen molar-refractivity contribution in [3.8, 4) is 0 Å². The molecule has 2 atom stereocenters. The lowest BCUT2D eigenvalue weighted by Gasteiger charge is -2.15. The predicted molar refractivity (Wildman–Crippen MR) is 62.7 cm³/mol. The van der Waals surface area contributed by atoms with Crippen LogP contribution in [0.3, 0.4) is 0 Å². The van der Waals surface area contributed by atoms with Crippen LogP contribution in [0.2, 0.25) is 0 Å². The molecule has 3 rings (SSSR count). The largest absolute Gasteiger partial charge is 0.388 e. The second-order valence-corrected chi connectivity index (χ2v) is 4.21. The molecule has 0 bridgehead atoms. The van der Waals surface area contributed by atoms with Crippen LogP contribution in [-0.4, -0.2) is 40.4 Å². The van der Waals surface area contributed by atoms with Gasteiger partial charge in [0, 0.05) is 6.54 Å². The predicted octanol–water partition coefficient (Wildman–Crippen LogP) is 1.15. The van der Waals surface area contributed by atoms with Crippen molar-refractivity contribution in [2.75, 3.05) is 18.0 Å². The van der Waals surface area contributed by atoms with Gasteiger partial charge < -0.3 is 10.0 Å². The van der Waals surface area contributed by atoms with E-state index in [4.69, 9.17) is 0 Å². The van der Waals surface area contributed by atoms with Crippen molar-refractivity contribution in [1.82, 2.24) is 9.97 Å². The number of fused-ring (bicyclic) bond motifs is 1. The molecule has 1 aromatic carbocycles. The number of halogens is 1. The first kappa shape index (κ1) is 10.4. The Morgan fingerprint density at radius 2 is 2.00 bits per heavy atom. The highest BCUT2D eigenvalue weighted by atomic mass is 19.1. The molecule has 4 nitrogen and oxygen atoms in total. The van der Waals surface area contributed by atoms with Crippen molar-refractivity contribution in [1.29, 1.82) is 0 Å². The van der Waals surface area contributed by atoms with E-state index in [0.717, 1.165) is 11.0 Å². The number of para-hydroxylation sites is 2. The maximum absolute atomic E-state index is 13.2. The number of aliphatic hydroxyl groups is 1. The van der Waals surface area contributed by atoms with E-state index >= 15 is 0 Å². The molecule has 2 heterocycles. The van der Waals surface area contributed by atoms with E-state index in [0.29, 0.717) is 5.82 Å². The van der Waals surface area contributed by atoms with Crippen LogP contribution in [0.4, 0.5) is 10.2 Å². The molecule has 1 aliphatic rings. The van der Waals surface area contributed by atoms with Crippen molar-refractivity contribution < 1.29 is 9.50 Å². The molecule has 0 saturated carbocycles. The van der Waals surface area contributed by atoms with Gasteiger partial charge in [-0.1, -0.05) is 12.1 Å². The summed E-state index contributed by atoms with van der Waals surface area (Å²) in [6.07, 6.45) is -0.515. The minimum atomic E-state index is -1.21. The van der Waals surface area contributed by atoms with Gasteiger partial charge in [-0.25, -0.2) is 9.37 Å². The van der Waals surface area contributed by atoms with Gasteiger partial charge in [-0.05, 0) is 12.1 Å². The Kier molecular flexibility index (Phi) is 2.40. The molecule has 1 saturated heterocycles. The molecule has 17 heavy (non-hydrogen) atoms. The minimum absolute atomic E-state index is 0.175. The van der Waals surface area contributed by atoms with Crippen molar-refractivity contribution in [2.24, 2.45) is 0 Å². The van der Waals surface area contributed by atoms with Crippen molar-refractivity contribution in [3.63, 3.8) is 0 Å². The van der Waals surface area contributed by atoms with Gasteiger partial charge >= 0.3 is 0 Å². The average molecular weight is 233 g/mol. The van der Waals surface area contributed by atoms with Gasteiger partial charge in [-0.15, -0.1) is 0 Å². The van der Waals surface area contributed by atoms with Crippen LogP contribution in [0.25, 0.3) is 11.0 Å². The minimum Gasteiger partial charge on any atom is -0.388 e. The number of anilines is 1. The monoisotopic (exact) mass is 233 g/mol. The number of alkyl halides is 1. The SMILES string of the molecule is O[C@@H]1CN(c2cnc3ccccc3n2)C[C@H]1F. The number of rotatable bonds is 1. The van der Waals surface area contributed by atoms with Gasteiger partial charge in [0.2, 0.25) is 0 Å². The fourth-order valence-corrected chi connectivity index (χ4v) is 2.03.